The van der Waals surface area contributed by atoms with Crippen LogP contribution in [-0.4, -0.2) is 28.4 Å². The van der Waals surface area contributed by atoms with Gasteiger partial charge in [0.05, 0.1) is 40.6 Å². The summed E-state index contributed by atoms with van der Waals surface area (Å²) in [4.78, 5) is 0. The minimum absolute atomic E-state index is 0.0158. The highest BCUT2D eigenvalue weighted by molar-refractivity contribution is 5.45. The molecule has 4 atom stereocenters. The summed E-state index contributed by atoms with van der Waals surface area (Å²) in [6.45, 7) is 4.46. The Labute approximate surface area is 161 Å². The minimum Gasteiger partial charge on any atom is -0.493 e. The molecule has 0 unspecified atom stereocenters. The van der Waals surface area contributed by atoms with Crippen LogP contribution < -0.4 is 18.9 Å². The maximum atomic E-state index is 6.51. The zero-order valence-electron chi connectivity index (χ0n) is 16.8. The van der Waals surface area contributed by atoms with E-state index in [0.717, 1.165) is 22.6 Å². The monoisotopic (exact) mass is 372 g/mol. The van der Waals surface area contributed by atoms with E-state index < -0.39 is 0 Å². The van der Waals surface area contributed by atoms with Crippen LogP contribution in [0.25, 0.3) is 0 Å². The van der Waals surface area contributed by atoms with Crippen molar-refractivity contribution in [3.05, 3.63) is 47.5 Å². The molecule has 5 nitrogen and oxygen atoms in total. The Morgan fingerprint density at radius 3 is 1.30 bits per heavy atom. The van der Waals surface area contributed by atoms with Crippen molar-refractivity contribution in [1.29, 1.82) is 0 Å². The van der Waals surface area contributed by atoms with Crippen molar-refractivity contribution in [2.45, 2.75) is 26.1 Å². The lowest BCUT2D eigenvalue weighted by Crippen LogP contribution is -2.10. The Hall–Kier alpha value is -2.40. The normalized spacial score (nSPS) is 24.5. The molecule has 27 heavy (non-hydrogen) atoms. The Morgan fingerprint density at radius 2 is 0.963 bits per heavy atom. The van der Waals surface area contributed by atoms with Gasteiger partial charge < -0.3 is 23.7 Å². The highest BCUT2D eigenvalue weighted by atomic mass is 16.5. The largest absolute Gasteiger partial charge is 0.493 e. The van der Waals surface area contributed by atoms with Crippen LogP contribution >= 0.6 is 0 Å². The number of hydrogen-bond acceptors (Lipinski definition) is 5. The molecule has 1 fully saturated rings. The van der Waals surface area contributed by atoms with E-state index in [1.165, 1.54) is 0 Å². The van der Waals surface area contributed by atoms with Gasteiger partial charge in [-0.25, -0.2) is 0 Å². The Kier molecular flexibility index (Phi) is 5.80. The summed E-state index contributed by atoms with van der Waals surface area (Å²) in [6, 6.07) is 12.0. The average Bonchev–Trinajstić information content (AvgIpc) is 3.01. The number of hydrogen-bond donors (Lipinski definition) is 0. The summed E-state index contributed by atoms with van der Waals surface area (Å²) in [5.74, 6) is 3.57. The van der Waals surface area contributed by atoms with Crippen molar-refractivity contribution in [1.82, 2.24) is 0 Å². The van der Waals surface area contributed by atoms with E-state index >= 15 is 0 Å². The van der Waals surface area contributed by atoms with Gasteiger partial charge in [0.1, 0.15) is 0 Å². The number of ether oxygens (including phenoxy) is 5. The molecule has 0 aromatic heterocycles. The van der Waals surface area contributed by atoms with Crippen molar-refractivity contribution >= 4 is 0 Å². The topological polar surface area (TPSA) is 46.2 Å². The molecule has 0 saturated carbocycles. The van der Waals surface area contributed by atoms with E-state index in [1.54, 1.807) is 28.4 Å². The molecule has 146 valence electrons. The lowest BCUT2D eigenvalue weighted by molar-refractivity contribution is 0.0288. The van der Waals surface area contributed by atoms with Gasteiger partial charge in [-0.2, -0.15) is 0 Å². The van der Waals surface area contributed by atoms with Gasteiger partial charge in [0.25, 0.3) is 0 Å². The lowest BCUT2D eigenvalue weighted by atomic mass is 9.85. The molecule has 2 aromatic rings. The molecule has 1 saturated heterocycles. The molecule has 0 radical (unpaired) electrons. The number of benzene rings is 2. The molecule has 0 N–H and O–H groups in total. The predicted molar refractivity (Wildman–Crippen MR) is 104 cm³/mol. The molecule has 5 heteroatoms. The van der Waals surface area contributed by atoms with Gasteiger partial charge in [0.15, 0.2) is 23.0 Å². The number of rotatable bonds is 6. The van der Waals surface area contributed by atoms with Crippen molar-refractivity contribution in [2.24, 2.45) is 11.8 Å². The van der Waals surface area contributed by atoms with Crippen molar-refractivity contribution in [3.63, 3.8) is 0 Å². The fourth-order valence-corrected chi connectivity index (χ4v) is 3.78. The molecule has 1 heterocycles. The van der Waals surface area contributed by atoms with Gasteiger partial charge in [-0.1, -0.05) is 26.0 Å². The zero-order valence-corrected chi connectivity index (χ0v) is 16.8. The third kappa shape index (κ3) is 3.56. The molecule has 1 aliphatic rings. The van der Waals surface area contributed by atoms with Crippen LogP contribution in [-0.2, 0) is 4.74 Å². The van der Waals surface area contributed by atoms with Crippen molar-refractivity contribution in [2.75, 3.05) is 28.4 Å². The fourth-order valence-electron chi connectivity index (χ4n) is 3.78. The van der Waals surface area contributed by atoms with Crippen LogP contribution in [0.2, 0.25) is 0 Å². The van der Waals surface area contributed by atoms with Gasteiger partial charge in [-0.05, 0) is 47.2 Å². The summed E-state index contributed by atoms with van der Waals surface area (Å²) in [5, 5.41) is 0. The molecule has 0 amide bonds. The van der Waals surface area contributed by atoms with Gasteiger partial charge in [-0.15, -0.1) is 0 Å². The van der Waals surface area contributed by atoms with Gasteiger partial charge in [-0.3, -0.25) is 0 Å². The van der Waals surface area contributed by atoms with Crippen LogP contribution in [0.1, 0.15) is 37.2 Å². The molecule has 0 aliphatic carbocycles. The zero-order chi connectivity index (χ0) is 19.6. The minimum atomic E-state index is -0.0158. The summed E-state index contributed by atoms with van der Waals surface area (Å²) in [6.07, 6.45) is -0.0317. The summed E-state index contributed by atoms with van der Waals surface area (Å²) < 4.78 is 28.1. The molecule has 3 rings (SSSR count). The van der Waals surface area contributed by atoms with E-state index in [2.05, 4.69) is 13.8 Å². The van der Waals surface area contributed by atoms with Crippen LogP contribution in [0.15, 0.2) is 36.4 Å². The number of methoxy groups -OCH3 is 4. The van der Waals surface area contributed by atoms with Gasteiger partial charge in [0.2, 0.25) is 0 Å². The molecule has 0 spiro atoms. The fraction of sp³-hybridized carbons (Fsp3) is 0.455. The Bertz CT molecular complexity index is 723. The first-order chi connectivity index (χ1) is 13.0. The van der Waals surface area contributed by atoms with E-state index in [-0.39, 0.29) is 12.2 Å². The van der Waals surface area contributed by atoms with E-state index in [9.17, 15) is 0 Å². The summed E-state index contributed by atoms with van der Waals surface area (Å²) >= 11 is 0. The summed E-state index contributed by atoms with van der Waals surface area (Å²) in [7, 11) is 6.58. The third-order valence-electron chi connectivity index (χ3n) is 5.55. The van der Waals surface area contributed by atoms with E-state index in [0.29, 0.717) is 23.3 Å². The second-order valence-electron chi connectivity index (χ2n) is 6.92. The molecule has 0 bridgehead atoms. The first kappa shape index (κ1) is 19.4. The van der Waals surface area contributed by atoms with E-state index in [1.807, 2.05) is 36.4 Å². The quantitative estimate of drug-likeness (QED) is 0.728. The first-order valence-electron chi connectivity index (χ1n) is 9.13. The maximum absolute atomic E-state index is 6.51. The smallest absolute Gasteiger partial charge is 0.161 e. The van der Waals surface area contributed by atoms with Gasteiger partial charge in [0, 0.05) is 0 Å². The van der Waals surface area contributed by atoms with Crippen LogP contribution in [0.3, 0.4) is 0 Å². The lowest BCUT2D eigenvalue weighted by Gasteiger charge is -2.18. The Balaban J connectivity index is 1.90. The SMILES string of the molecule is COc1ccc([C@H]2O[C@H](c3ccc(OC)c(OC)c3)[C@H](C)[C@H]2C)cc1OC. The highest BCUT2D eigenvalue weighted by Crippen LogP contribution is 2.50. The first-order valence-corrected chi connectivity index (χ1v) is 9.13. The van der Waals surface area contributed by atoms with Crippen LogP contribution in [0.4, 0.5) is 0 Å². The molecule has 1 aliphatic heterocycles. The van der Waals surface area contributed by atoms with E-state index in [4.69, 9.17) is 23.7 Å². The van der Waals surface area contributed by atoms with Crippen LogP contribution in [0, 0.1) is 11.8 Å². The average molecular weight is 372 g/mol. The Morgan fingerprint density at radius 1 is 0.593 bits per heavy atom. The molecular weight excluding hydrogens is 344 g/mol. The second-order valence-corrected chi connectivity index (χ2v) is 6.92. The van der Waals surface area contributed by atoms with Crippen LogP contribution in [0.5, 0.6) is 23.0 Å². The van der Waals surface area contributed by atoms with Crippen molar-refractivity contribution in [3.8, 4) is 23.0 Å². The predicted octanol–water partition coefficient (Wildman–Crippen LogP) is 4.81. The third-order valence-corrected chi connectivity index (χ3v) is 5.55. The standard InChI is InChI=1S/C22H28O5/c1-13-14(2)22(16-8-10-18(24-4)20(12-16)26-6)27-21(13)15-7-9-17(23-3)19(11-15)25-5/h7-14,21-22H,1-6H3/t13-,14-,21+,22+/m1/s1. The molecular formula is C22H28O5. The summed E-state index contributed by atoms with van der Waals surface area (Å²) in [5.41, 5.74) is 2.19. The van der Waals surface area contributed by atoms with Crippen molar-refractivity contribution < 1.29 is 23.7 Å². The maximum Gasteiger partial charge on any atom is 0.161 e. The highest BCUT2D eigenvalue weighted by Gasteiger charge is 2.41. The molecule has 2 aromatic carbocycles. The second kappa shape index (κ2) is 8.09. The van der Waals surface area contributed by atoms with Gasteiger partial charge >= 0.3 is 0 Å².